The van der Waals surface area contributed by atoms with Crippen LogP contribution in [0.1, 0.15) is 367 Å². The molecule has 3 fully saturated rings. The molecule has 3 aliphatic rings. The van der Waals surface area contributed by atoms with Crippen LogP contribution in [-0.4, -0.2) is 193 Å². The van der Waals surface area contributed by atoms with Gasteiger partial charge in [0.2, 0.25) is 5.91 Å². The highest BCUT2D eigenvalue weighted by Crippen LogP contribution is 2.33. The molecule has 0 saturated carbocycles. The molecule has 12 N–H and O–H groups in total. The first kappa shape index (κ1) is 94.5. The van der Waals surface area contributed by atoms with E-state index in [0.717, 1.165) is 38.5 Å². The van der Waals surface area contributed by atoms with Crippen LogP contribution in [0, 0.1) is 0 Å². The average Bonchev–Trinajstić information content (AvgIpc) is 0.781. The SMILES string of the molecule is CCCCCCCCCCCC/C=C/CC/C=C/C(O)C(COC1OC(CO)C(OC2OC(CO)C(OC3OC(CO)C(O)C(O)C3O)C(O)C2O)C(O)C1O)NC(=O)CCCCCCCCCCCCCCCCCCCCCCCCCCCCCCCCCCCCCCCCCCC. The second-order valence-electron chi connectivity index (χ2n) is 30.6. The summed E-state index contributed by atoms with van der Waals surface area (Å²) in [7, 11) is 0. The highest BCUT2D eigenvalue weighted by molar-refractivity contribution is 5.76. The van der Waals surface area contributed by atoms with Gasteiger partial charge in [0.1, 0.15) is 73.2 Å². The molecule has 102 heavy (non-hydrogen) atoms. The van der Waals surface area contributed by atoms with Crippen molar-refractivity contribution in [3.05, 3.63) is 24.3 Å². The number of hydrogen-bond donors (Lipinski definition) is 12. The monoisotopic (exact) mass is 1460 g/mol. The van der Waals surface area contributed by atoms with Gasteiger partial charge < -0.3 is 89.9 Å². The first-order valence-electron chi connectivity index (χ1n) is 42.6. The summed E-state index contributed by atoms with van der Waals surface area (Å²) in [6, 6.07) is -0.988. The third-order valence-electron chi connectivity index (χ3n) is 21.5. The van der Waals surface area contributed by atoms with Crippen molar-refractivity contribution >= 4 is 5.91 Å². The van der Waals surface area contributed by atoms with Crippen LogP contribution >= 0.6 is 0 Å². The van der Waals surface area contributed by atoms with Crippen LogP contribution in [0.25, 0.3) is 0 Å². The highest BCUT2D eigenvalue weighted by Gasteiger charge is 2.54. The van der Waals surface area contributed by atoms with E-state index in [9.17, 15) is 61.0 Å². The minimum atomic E-state index is -1.98. The number of ether oxygens (including phenoxy) is 6. The van der Waals surface area contributed by atoms with Gasteiger partial charge in [-0.05, 0) is 32.1 Å². The van der Waals surface area contributed by atoms with Crippen molar-refractivity contribution in [3.8, 4) is 0 Å². The van der Waals surface area contributed by atoms with Gasteiger partial charge in [-0.25, -0.2) is 0 Å². The zero-order valence-electron chi connectivity index (χ0n) is 64.6. The Hall–Kier alpha value is -1.73. The number of unbranched alkanes of at least 4 members (excludes halogenated alkanes) is 51. The van der Waals surface area contributed by atoms with Crippen LogP contribution < -0.4 is 5.32 Å². The number of amides is 1. The molecule has 3 rings (SSSR count). The molecule has 602 valence electrons. The van der Waals surface area contributed by atoms with E-state index >= 15 is 0 Å². The molecule has 19 heteroatoms. The van der Waals surface area contributed by atoms with Crippen molar-refractivity contribution in [1.82, 2.24) is 5.32 Å². The summed E-state index contributed by atoms with van der Waals surface area (Å²) < 4.78 is 34.4. The zero-order valence-corrected chi connectivity index (χ0v) is 64.6. The first-order chi connectivity index (χ1) is 49.8. The fourth-order valence-electron chi connectivity index (χ4n) is 14.7. The van der Waals surface area contributed by atoms with E-state index in [1.807, 2.05) is 6.08 Å². The quantitative estimate of drug-likeness (QED) is 0.0199. The lowest BCUT2D eigenvalue weighted by atomic mass is 9.96. The second-order valence-corrected chi connectivity index (χ2v) is 30.6. The predicted octanol–water partition coefficient (Wildman–Crippen LogP) is 14.9. The van der Waals surface area contributed by atoms with E-state index in [2.05, 4.69) is 31.3 Å². The Morgan fingerprint density at radius 2 is 0.627 bits per heavy atom. The molecule has 0 aromatic heterocycles. The number of nitrogens with one attached hydrogen (secondary N) is 1. The summed E-state index contributed by atoms with van der Waals surface area (Å²) in [4.78, 5) is 13.5. The maximum atomic E-state index is 13.5. The van der Waals surface area contributed by atoms with Gasteiger partial charge in [0, 0.05) is 6.42 Å². The number of carbonyl (C=O) groups excluding carboxylic acids is 1. The summed E-state index contributed by atoms with van der Waals surface area (Å²) in [6.07, 6.45) is 52.2. The molecule has 17 atom stereocenters. The number of carbonyl (C=O) groups is 1. The van der Waals surface area contributed by atoms with E-state index in [4.69, 9.17) is 28.4 Å². The van der Waals surface area contributed by atoms with Gasteiger partial charge in [0.15, 0.2) is 18.9 Å². The summed E-state index contributed by atoms with van der Waals surface area (Å²) >= 11 is 0. The minimum Gasteiger partial charge on any atom is -0.394 e. The van der Waals surface area contributed by atoms with E-state index in [1.54, 1.807) is 6.08 Å². The molecule has 19 nitrogen and oxygen atoms in total. The standard InChI is InChI=1S/C83H157NO18/c1-3-5-7-9-11-13-15-17-19-21-22-23-24-25-26-27-28-29-30-31-32-33-34-35-36-37-38-39-40-41-42-43-44-45-47-49-51-53-55-57-59-61-71(89)84-66(67(88)60-58-56-54-52-50-48-46-20-18-16-14-12-10-8-6-4-2)65-97-81-77(95)74(92)79(69(63-86)99-81)102-83-78(96)75(93)80(70(64-87)100-83)101-82-76(94)73(91)72(90)68(62-85)98-82/h50,52,58,60,66-70,72-83,85-88,90-96H,3-49,51,53-57,59,61-65H2,1-2H3,(H,84,89)/b52-50+,60-58+. The van der Waals surface area contributed by atoms with Crippen molar-refractivity contribution < 1.29 is 89.4 Å². The molecular weight excluding hydrogens is 1300 g/mol. The Morgan fingerprint density at radius 1 is 0.343 bits per heavy atom. The Morgan fingerprint density at radius 3 is 0.980 bits per heavy atom. The molecule has 3 aliphatic heterocycles. The van der Waals surface area contributed by atoms with Crippen molar-refractivity contribution in [2.75, 3.05) is 26.4 Å². The van der Waals surface area contributed by atoms with Crippen LogP contribution in [-0.2, 0) is 33.2 Å². The van der Waals surface area contributed by atoms with Crippen molar-refractivity contribution in [2.24, 2.45) is 0 Å². The van der Waals surface area contributed by atoms with Crippen LogP contribution in [0.4, 0.5) is 0 Å². The van der Waals surface area contributed by atoms with Gasteiger partial charge in [-0.3, -0.25) is 4.79 Å². The van der Waals surface area contributed by atoms with Gasteiger partial charge in [0.25, 0.3) is 0 Å². The molecule has 0 bridgehead atoms. The predicted molar refractivity (Wildman–Crippen MR) is 406 cm³/mol. The average molecular weight is 1460 g/mol. The largest absolute Gasteiger partial charge is 0.394 e. The zero-order chi connectivity index (χ0) is 73.9. The molecule has 0 aliphatic carbocycles. The fraction of sp³-hybridized carbons (Fsp3) is 0.940. The lowest BCUT2D eigenvalue weighted by Crippen LogP contribution is -2.66. The van der Waals surface area contributed by atoms with Crippen LogP contribution in [0.5, 0.6) is 0 Å². The summed E-state index contributed by atoms with van der Waals surface area (Å²) in [5.41, 5.74) is 0. The van der Waals surface area contributed by atoms with E-state index in [-0.39, 0.29) is 18.9 Å². The Bertz CT molecular complexity index is 1940. The molecule has 17 unspecified atom stereocenters. The molecule has 0 aromatic rings. The fourth-order valence-corrected chi connectivity index (χ4v) is 14.7. The van der Waals surface area contributed by atoms with Crippen molar-refractivity contribution in [3.63, 3.8) is 0 Å². The van der Waals surface area contributed by atoms with Crippen LogP contribution in [0.15, 0.2) is 24.3 Å². The summed E-state index contributed by atoms with van der Waals surface area (Å²) in [6.45, 7) is 1.76. The van der Waals surface area contributed by atoms with Gasteiger partial charge in [0.05, 0.1) is 38.6 Å². The second kappa shape index (κ2) is 64.1. The Labute approximate surface area is 619 Å². The lowest BCUT2D eigenvalue weighted by Gasteiger charge is -2.48. The van der Waals surface area contributed by atoms with Crippen molar-refractivity contribution in [1.29, 1.82) is 0 Å². The van der Waals surface area contributed by atoms with Gasteiger partial charge in [-0.1, -0.05) is 353 Å². The summed E-state index contributed by atoms with van der Waals surface area (Å²) in [5.74, 6) is -0.278. The number of rotatable bonds is 69. The van der Waals surface area contributed by atoms with Gasteiger partial charge >= 0.3 is 0 Å². The number of aliphatic hydroxyl groups excluding tert-OH is 11. The van der Waals surface area contributed by atoms with Crippen LogP contribution in [0.3, 0.4) is 0 Å². The summed E-state index contributed by atoms with van der Waals surface area (Å²) in [5, 5.41) is 121. The third-order valence-corrected chi connectivity index (χ3v) is 21.5. The number of allylic oxidation sites excluding steroid dienone is 3. The van der Waals surface area contributed by atoms with E-state index < -0.39 is 124 Å². The Kier molecular flexibility index (Phi) is 59.4. The normalized spacial score (nSPS) is 26.2. The topological polar surface area (TPSA) is 307 Å². The Balaban J connectivity index is 1.27. The van der Waals surface area contributed by atoms with E-state index in [0.29, 0.717) is 12.8 Å². The molecule has 3 heterocycles. The van der Waals surface area contributed by atoms with E-state index in [1.165, 1.54) is 295 Å². The smallest absolute Gasteiger partial charge is 0.220 e. The molecular formula is C83H157NO18. The van der Waals surface area contributed by atoms with Gasteiger partial charge in [-0.2, -0.15) is 0 Å². The highest BCUT2D eigenvalue weighted by atomic mass is 16.8. The molecule has 0 spiro atoms. The first-order valence-corrected chi connectivity index (χ1v) is 42.6. The minimum absolute atomic E-state index is 0.241. The molecule has 0 radical (unpaired) electrons. The third kappa shape index (κ3) is 43.5. The maximum absolute atomic E-state index is 13.5. The van der Waals surface area contributed by atoms with Gasteiger partial charge in [-0.15, -0.1) is 0 Å². The maximum Gasteiger partial charge on any atom is 0.220 e. The number of aliphatic hydroxyl groups is 11. The molecule has 0 aromatic carbocycles. The van der Waals surface area contributed by atoms with Crippen molar-refractivity contribution in [2.45, 2.75) is 471 Å². The number of hydrogen-bond acceptors (Lipinski definition) is 18. The lowest BCUT2D eigenvalue weighted by molar-refractivity contribution is -0.379. The van der Waals surface area contributed by atoms with Crippen LogP contribution in [0.2, 0.25) is 0 Å². The molecule has 3 saturated heterocycles. The molecule has 1 amide bonds.